The zero-order valence-corrected chi connectivity index (χ0v) is 8.28. The fourth-order valence-corrected chi connectivity index (χ4v) is 1.83. The quantitative estimate of drug-likeness (QED) is 0.679. The number of aryl methyl sites for hydroxylation is 2. The highest BCUT2D eigenvalue weighted by molar-refractivity contribution is 5.83. The van der Waals surface area contributed by atoms with Crippen molar-refractivity contribution < 1.29 is 0 Å². The van der Waals surface area contributed by atoms with Crippen LogP contribution in [-0.2, 0) is 6.42 Å². The van der Waals surface area contributed by atoms with E-state index in [9.17, 15) is 0 Å². The van der Waals surface area contributed by atoms with Gasteiger partial charge in [0, 0.05) is 6.20 Å². The largest absolute Gasteiger partial charge is 0.313 e. The van der Waals surface area contributed by atoms with Gasteiger partial charge in [0.05, 0.1) is 10.9 Å². The average molecular weight is 171 g/mol. The predicted molar refractivity (Wildman–Crippen MR) is 54.8 cm³/mol. The van der Waals surface area contributed by atoms with Crippen LogP contribution in [0.3, 0.4) is 0 Å². The molecule has 1 heterocycles. The summed E-state index contributed by atoms with van der Waals surface area (Å²) in [6.07, 6.45) is 3.98. The lowest BCUT2D eigenvalue weighted by Gasteiger charge is -2.07. The number of nitrogens with one attached hydrogen (secondary N) is 1. The molecule has 0 bridgehead atoms. The summed E-state index contributed by atoms with van der Waals surface area (Å²) in [5, 5.41) is 1.20. The highest BCUT2D eigenvalue weighted by atomic mass is 14.6. The van der Waals surface area contributed by atoms with Crippen LogP contribution in [-0.4, -0.2) is 4.98 Å². The Morgan fingerprint density at radius 2 is 2.15 bits per heavy atom. The van der Waals surface area contributed by atoms with Crippen LogP contribution in [0.1, 0.15) is 23.6 Å². The van der Waals surface area contributed by atoms with Gasteiger partial charge in [-0.3, -0.25) is 0 Å². The molecule has 1 aromatic heterocycles. The number of hydrogen-bond acceptors (Lipinski definition) is 0. The smallest absolute Gasteiger partial charge is 0.0622 e. The summed E-state index contributed by atoms with van der Waals surface area (Å²) >= 11 is 0. The van der Waals surface area contributed by atoms with Gasteiger partial charge in [0.1, 0.15) is 0 Å². The van der Waals surface area contributed by atoms with Crippen LogP contribution in [0.4, 0.5) is 0 Å². The standard InChI is InChI=1S/C12H13N/c1-4-10-9(3)8(2)7-12-11(10)5-6-13-12/h7,13H,4H2,1-3H3. The lowest BCUT2D eigenvalue weighted by molar-refractivity contribution is 1.11. The number of benzene rings is 1. The summed E-state index contributed by atoms with van der Waals surface area (Å²) in [5.74, 6) is 0. The van der Waals surface area contributed by atoms with Crippen molar-refractivity contribution in [1.82, 2.24) is 4.98 Å². The molecule has 13 heavy (non-hydrogen) atoms. The first-order valence-electron chi connectivity index (χ1n) is 4.64. The number of H-pyrrole nitrogens is 1. The van der Waals surface area contributed by atoms with Crippen molar-refractivity contribution in [3.8, 4) is 0 Å². The van der Waals surface area contributed by atoms with E-state index < -0.39 is 0 Å². The van der Waals surface area contributed by atoms with Crippen LogP contribution in [0.2, 0.25) is 0 Å². The molecule has 0 spiro atoms. The first-order chi connectivity index (χ1) is 6.24. The number of aromatic nitrogens is 1. The van der Waals surface area contributed by atoms with Crippen molar-refractivity contribution in [2.45, 2.75) is 27.2 Å². The van der Waals surface area contributed by atoms with E-state index in [2.05, 4.69) is 44.1 Å². The summed E-state index contributed by atoms with van der Waals surface area (Å²) in [6.45, 7) is 6.51. The summed E-state index contributed by atoms with van der Waals surface area (Å²) in [7, 11) is 0. The molecule has 0 amide bonds. The maximum atomic E-state index is 3.13. The van der Waals surface area contributed by atoms with Gasteiger partial charge in [-0.15, -0.1) is 0 Å². The molecule has 1 N–H and O–H groups in total. The molecule has 2 rings (SSSR count). The minimum atomic E-state index is 1.06. The third-order valence-corrected chi connectivity index (χ3v) is 2.71. The minimum absolute atomic E-state index is 1.06. The normalized spacial score (nSPS) is 10.4. The average Bonchev–Trinajstić information content (AvgIpc) is 2.54. The van der Waals surface area contributed by atoms with Gasteiger partial charge in [-0.2, -0.15) is 0 Å². The van der Waals surface area contributed by atoms with Crippen molar-refractivity contribution >= 4 is 10.9 Å². The Kier molecular flexibility index (Phi) is 1.77. The Morgan fingerprint density at radius 3 is 2.85 bits per heavy atom. The monoisotopic (exact) mass is 171 g/mol. The van der Waals surface area contributed by atoms with Crippen molar-refractivity contribution in [1.29, 1.82) is 0 Å². The van der Waals surface area contributed by atoms with E-state index in [1.54, 1.807) is 0 Å². The molecule has 0 fully saturated rings. The van der Waals surface area contributed by atoms with Gasteiger partial charge in [-0.25, -0.2) is 0 Å². The summed E-state index contributed by atoms with van der Waals surface area (Å²) in [4.78, 5) is 3.08. The predicted octanol–water partition coefficient (Wildman–Crippen LogP) is 2.95. The van der Waals surface area contributed by atoms with Crippen LogP contribution in [0, 0.1) is 26.1 Å². The summed E-state index contributed by atoms with van der Waals surface area (Å²) < 4.78 is 0. The first kappa shape index (κ1) is 8.19. The maximum Gasteiger partial charge on any atom is 0.0622 e. The van der Waals surface area contributed by atoms with E-state index in [1.807, 2.05) is 0 Å². The molecule has 2 aromatic rings. The van der Waals surface area contributed by atoms with E-state index in [1.165, 1.54) is 22.1 Å². The number of hydrogen-bond donors (Lipinski definition) is 1. The third kappa shape index (κ3) is 1.10. The van der Waals surface area contributed by atoms with Gasteiger partial charge in [0.15, 0.2) is 0 Å². The van der Waals surface area contributed by atoms with Gasteiger partial charge >= 0.3 is 0 Å². The Balaban J connectivity index is 2.87. The van der Waals surface area contributed by atoms with Crippen LogP contribution in [0.5, 0.6) is 0 Å². The minimum Gasteiger partial charge on any atom is -0.313 e. The van der Waals surface area contributed by atoms with E-state index in [4.69, 9.17) is 0 Å². The molecule has 66 valence electrons. The van der Waals surface area contributed by atoms with Crippen LogP contribution < -0.4 is 0 Å². The lowest BCUT2D eigenvalue weighted by Crippen LogP contribution is -1.91. The van der Waals surface area contributed by atoms with Crippen molar-refractivity contribution in [3.05, 3.63) is 35.0 Å². The fraction of sp³-hybridized carbons (Fsp3) is 0.333. The van der Waals surface area contributed by atoms with E-state index in [0.717, 1.165) is 11.9 Å². The molecule has 0 saturated heterocycles. The third-order valence-electron chi connectivity index (χ3n) is 2.71. The highest BCUT2D eigenvalue weighted by Gasteiger charge is 2.05. The molecule has 0 aliphatic heterocycles. The molecule has 0 atom stereocenters. The Hall–Kier alpha value is -1.42. The molecule has 0 unspecified atom stereocenters. The van der Waals surface area contributed by atoms with Gasteiger partial charge < -0.3 is 4.98 Å². The van der Waals surface area contributed by atoms with Crippen molar-refractivity contribution in [2.75, 3.05) is 0 Å². The maximum absolute atomic E-state index is 3.13. The molecule has 0 aliphatic carbocycles. The molecule has 1 heteroatoms. The SMILES string of the molecule is CCc1c(C)c(C)cc2[nH]c#cc12. The number of fused-ring (bicyclic) bond motifs is 1. The second-order valence-corrected chi connectivity index (χ2v) is 3.45. The second-order valence-electron chi connectivity index (χ2n) is 3.45. The van der Waals surface area contributed by atoms with E-state index in [-0.39, 0.29) is 0 Å². The first-order valence-corrected chi connectivity index (χ1v) is 4.64. The zero-order chi connectivity index (χ0) is 9.42. The molecule has 0 aliphatic rings. The summed E-state index contributed by atoms with van der Waals surface area (Å²) in [5.41, 5.74) is 5.28. The van der Waals surface area contributed by atoms with Crippen LogP contribution in [0.25, 0.3) is 10.9 Å². The van der Waals surface area contributed by atoms with E-state index >= 15 is 0 Å². The molecule has 1 aromatic carbocycles. The van der Waals surface area contributed by atoms with E-state index in [0.29, 0.717) is 0 Å². The Labute approximate surface area is 78.8 Å². The second kappa shape index (κ2) is 2.81. The fourth-order valence-electron chi connectivity index (χ4n) is 1.83. The Morgan fingerprint density at radius 1 is 1.38 bits per heavy atom. The topological polar surface area (TPSA) is 15.8 Å². The van der Waals surface area contributed by atoms with Gasteiger partial charge in [-0.1, -0.05) is 6.92 Å². The molecule has 0 radical (unpaired) electrons. The molecular formula is C12H13N. The molecule has 0 saturated carbocycles. The summed E-state index contributed by atoms with van der Waals surface area (Å²) in [6, 6.07) is 5.29. The Bertz CT molecular complexity index is 438. The molecule has 1 nitrogen and oxygen atoms in total. The highest BCUT2D eigenvalue weighted by Crippen LogP contribution is 2.22. The number of aromatic amines is 1. The van der Waals surface area contributed by atoms with Crippen molar-refractivity contribution in [2.24, 2.45) is 0 Å². The van der Waals surface area contributed by atoms with Gasteiger partial charge in [0.2, 0.25) is 0 Å². The van der Waals surface area contributed by atoms with Gasteiger partial charge in [-0.05, 0) is 49.1 Å². The number of rotatable bonds is 1. The van der Waals surface area contributed by atoms with Gasteiger partial charge in [0.25, 0.3) is 0 Å². The van der Waals surface area contributed by atoms with Crippen molar-refractivity contribution in [3.63, 3.8) is 0 Å². The zero-order valence-electron chi connectivity index (χ0n) is 8.28. The lowest BCUT2D eigenvalue weighted by atomic mass is 9.98. The van der Waals surface area contributed by atoms with Crippen LogP contribution >= 0.6 is 0 Å². The molecular weight excluding hydrogens is 158 g/mol. The van der Waals surface area contributed by atoms with Crippen LogP contribution in [0.15, 0.2) is 6.07 Å².